The highest BCUT2D eigenvalue weighted by atomic mass is 35.5. The highest BCUT2D eigenvalue weighted by Gasteiger charge is 2.16. The number of halogens is 1. The van der Waals surface area contributed by atoms with E-state index in [1.54, 1.807) is 6.20 Å². The Labute approximate surface area is 152 Å². The molecule has 1 aliphatic rings. The van der Waals surface area contributed by atoms with E-state index in [0.717, 1.165) is 23.8 Å². The van der Waals surface area contributed by atoms with Gasteiger partial charge in [0.2, 0.25) is 0 Å². The van der Waals surface area contributed by atoms with Crippen LogP contribution in [0.1, 0.15) is 18.2 Å². The standard InChI is InChI=1S/C18H21ClN4O2/c1-2-20-18(23-12-14-5-3-4-6-21-14)22-11-13-9-15(19)17-16(10-13)24-7-8-25-17/h3-6,9-10H,2,7-8,11-12H2,1H3,(H2,20,22,23). The van der Waals surface area contributed by atoms with Crippen molar-refractivity contribution in [3.05, 3.63) is 52.8 Å². The number of guanidine groups is 1. The molecule has 1 aromatic heterocycles. The van der Waals surface area contributed by atoms with Crippen molar-refractivity contribution < 1.29 is 9.47 Å². The second kappa shape index (κ2) is 8.58. The SMILES string of the molecule is CCNC(=NCc1cc(Cl)c2c(c1)OCCO2)NCc1ccccn1. The van der Waals surface area contributed by atoms with Gasteiger partial charge < -0.3 is 20.1 Å². The molecule has 0 spiro atoms. The summed E-state index contributed by atoms with van der Waals surface area (Å²) in [6.07, 6.45) is 1.78. The lowest BCUT2D eigenvalue weighted by Crippen LogP contribution is -2.37. The van der Waals surface area contributed by atoms with E-state index < -0.39 is 0 Å². The molecule has 0 bridgehead atoms. The summed E-state index contributed by atoms with van der Waals surface area (Å²) in [5.74, 6) is 2.01. The lowest BCUT2D eigenvalue weighted by Gasteiger charge is -2.20. The molecule has 0 fully saturated rings. The van der Waals surface area contributed by atoms with E-state index in [1.165, 1.54) is 0 Å². The Morgan fingerprint density at radius 2 is 2.12 bits per heavy atom. The molecule has 0 aliphatic carbocycles. The lowest BCUT2D eigenvalue weighted by atomic mass is 10.2. The number of aromatic nitrogens is 1. The van der Waals surface area contributed by atoms with Gasteiger partial charge in [-0.1, -0.05) is 17.7 Å². The zero-order valence-corrected chi connectivity index (χ0v) is 14.8. The Morgan fingerprint density at radius 1 is 1.24 bits per heavy atom. The summed E-state index contributed by atoms with van der Waals surface area (Å²) in [6.45, 7) is 4.94. The summed E-state index contributed by atoms with van der Waals surface area (Å²) in [5, 5.41) is 7.04. The number of aliphatic imine (C=N–C) groups is 1. The van der Waals surface area contributed by atoms with Gasteiger partial charge in [0, 0.05) is 12.7 Å². The van der Waals surface area contributed by atoms with E-state index >= 15 is 0 Å². The van der Waals surface area contributed by atoms with Crippen molar-refractivity contribution in [1.82, 2.24) is 15.6 Å². The largest absolute Gasteiger partial charge is 0.486 e. The number of rotatable bonds is 5. The Hall–Kier alpha value is -2.47. The predicted molar refractivity (Wildman–Crippen MR) is 98.3 cm³/mol. The molecule has 1 aromatic carbocycles. The summed E-state index contributed by atoms with van der Waals surface area (Å²) in [6, 6.07) is 9.61. The van der Waals surface area contributed by atoms with Gasteiger partial charge in [-0.2, -0.15) is 0 Å². The molecule has 0 saturated carbocycles. The fourth-order valence-corrected chi connectivity index (χ4v) is 2.73. The van der Waals surface area contributed by atoms with Crippen molar-refractivity contribution in [3.63, 3.8) is 0 Å². The second-order valence-corrected chi connectivity index (χ2v) is 5.88. The average molecular weight is 361 g/mol. The number of hydrogen-bond acceptors (Lipinski definition) is 4. The fourth-order valence-electron chi connectivity index (χ4n) is 2.44. The quantitative estimate of drug-likeness (QED) is 0.634. The zero-order chi connectivity index (χ0) is 17.5. The smallest absolute Gasteiger partial charge is 0.191 e. The highest BCUT2D eigenvalue weighted by molar-refractivity contribution is 6.32. The van der Waals surface area contributed by atoms with Crippen LogP contribution in [0.15, 0.2) is 41.5 Å². The van der Waals surface area contributed by atoms with Crippen molar-refractivity contribution in [2.45, 2.75) is 20.0 Å². The third-order valence-corrected chi connectivity index (χ3v) is 3.86. The van der Waals surface area contributed by atoms with Crippen LogP contribution in [0.25, 0.3) is 0 Å². The molecule has 0 atom stereocenters. The zero-order valence-electron chi connectivity index (χ0n) is 14.1. The van der Waals surface area contributed by atoms with Gasteiger partial charge in [0.15, 0.2) is 17.5 Å². The molecule has 1 aliphatic heterocycles. The van der Waals surface area contributed by atoms with E-state index in [9.17, 15) is 0 Å². The van der Waals surface area contributed by atoms with Crippen LogP contribution in [-0.2, 0) is 13.1 Å². The molecule has 0 radical (unpaired) electrons. The molecular weight excluding hydrogens is 340 g/mol. The minimum atomic E-state index is 0.480. The molecule has 132 valence electrons. The van der Waals surface area contributed by atoms with Crippen LogP contribution in [0.5, 0.6) is 11.5 Å². The van der Waals surface area contributed by atoms with E-state index in [2.05, 4.69) is 20.6 Å². The molecule has 0 unspecified atom stereocenters. The maximum Gasteiger partial charge on any atom is 0.191 e. The van der Waals surface area contributed by atoms with Crippen LogP contribution >= 0.6 is 11.6 Å². The van der Waals surface area contributed by atoms with Crippen LogP contribution in [0.3, 0.4) is 0 Å². The Bertz CT molecular complexity index is 737. The summed E-state index contributed by atoms with van der Waals surface area (Å²) < 4.78 is 11.1. The summed E-state index contributed by atoms with van der Waals surface area (Å²) in [5.41, 5.74) is 1.92. The van der Waals surface area contributed by atoms with E-state index in [1.807, 2.05) is 37.3 Å². The molecule has 7 heteroatoms. The molecule has 0 saturated heterocycles. The fraction of sp³-hybridized carbons (Fsp3) is 0.333. The van der Waals surface area contributed by atoms with Crippen LogP contribution in [-0.4, -0.2) is 30.7 Å². The van der Waals surface area contributed by atoms with Crippen molar-refractivity contribution >= 4 is 17.6 Å². The number of fused-ring (bicyclic) bond motifs is 1. The number of ether oxygens (including phenoxy) is 2. The average Bonchev–Trinajstić information content (AvgIpc) is 2.65. The Balaban J connectivity index is 1.67. The van der Waals surface area contributed by atoms with Crippen LogP contribution in [0.4, 0.5) is 0 Å². The van der Waals surface area contributed by atoms with Crippen LogP contribution < -0.4 is 20.1 Å². The number of hydrogen-bond donors (Lipinski definition) is 2. The van der Waals surface area contributed by atoms with Gasteiger partial charge in [0.05, 0.1) is 23.8 Å². The topological polar surface area (TPSA) is 67.8 Å². The summed E-state index contributed by atoms with van der Waals surface area (Å²) >= 11 is 6.27. The number of nitrogens with zero attached hydrogens (tertiary/aromatic N) is 2. The normalized spacial score (nSPS) is 13.4. The molecule has 6 nitrogen and oxygen atoms in total. The molecule has 2 aromatic rings. The number of benzene rings is 1. The molecule has 2 N–H and O–H groups in total. The summed E-state index contributed by atoms with van der Waals surface area (Å²) in [4.78, 5) is 8.90. The molecule has 2 heterocycles. The predicted octanol–water partition coefficient (Wildman–Crippen LogP) is 2.76. The number of pyridine rings is 1. The second-order valence-electron chi connectivity index (χ2n) is 5.47. The van der Waals surface area contributed by atoms with Crippen LogP contribution in [0.2, 0.25) is 5.02 Å². The molecule has 3 rings (SSSR count). The first-order chi connectivity index (χ1) is 12.3. The van der Waals surface area contributed by atoms with Gasteiger partial charge in [0.25, 0.3) is 0 Å². The molecular formula is C18H21ClN4O2. The molecule has 25 heavy (non-hydrogen) atoms. The van der Waals surface area contributed by atoms with Crippen LogP contribution in [0, 0.1) is 0 Å². The third-order valence-electron chi connectivity index (χ3n) is 3.58. The summed E-state index contributed by atoms with van der Waals surface area (Å²) in [7, 11) is 0. The first kappa shape index (κ1) is 17.4. The van der Waals surface area contributed by atoms with Crippen molar-refractivity contribution in [2.75, 3.05) is 19.8 Å². The van der Waals surface area contributed by atoms with Gasteiger partial charge in [-0.05, 0) is 36.8 Å². The van der Waals surface area contributed by atoms with E-state index in [-0.39, 0.29) is 0 Å². The first-order valence-electron chi connectivity index (χ1n) is 8.26. The molecule has 0 amide bonds. The Morgan fingerprint density at radius 3 is 2.92 bits per heavy atom. The lowest BCUT2D eigenvalue weighted by molar-refractivity contribution is 0.171. The van der Waals surface area contributed by atoms with Crippen molar-refractivity contribution in [3.8, 4) is 11.5 Å². The maximum absolute atomic E-state index is 6.27. The minimum Gasteiger partial charge on any atom is -0.486 e. The van der Waals surface area contributed by atoms with Gasteiger partial charge in [-0.15, -0.1) is 0 Å². The first-order valence-corrected chi connectivity index (χ1v) is 8.64. The minimum absolute atomic E-state index is 0.480. The highest BCUT2D eigenvalue weighted by Crippen LogP contribution is 2.38. The maximum atomic E-state index is 6.27. The van der Waals surface area contributed by atoms with Gasteiger partial charge in [0.1, 0.15) is 13.2 Å². The third kappa shape index (κ3) is 4.76. The number of nitrogens with one attached hydrogen (secondary N) is 2. The van der Waals surface area contributed by atoms with Gasteiger partial charge >= 0.3 is 0 Å². The van der Waals surface area contributed by atoms with Gasteiger partial charge in [-0.25, -0.2) is 4.99 Å². The monoisotopic (exact) mass is 360 g/mol. The van der Waals surface area contributed by atoms with Gasteiger partial charge in [-0.3, -0.25) is 4.98 Å². The van der Waals surface area contributed by atoms with E-state index in [4.69, 9.17) is 21.1 Å². The van der Waals surface area contributed by atoms with Crippen molar-refractivity contribution in [2.24, 2.45) is 4.99 Å². The van der Waals surface area contributed by atoms with E-state index in [0.29, 0.717) is 42.8 Å². The Kier molecular flexibility index (Phi) is 5.95. The van der Waals surface area contributed by atoms with Crippen molar-refractivity contribution in [1.29, 1.82) is 0 Å².